The van der Waals surface area contributed by atoms with Crippen molar-refractivity contribution in [2.45, 2.75) is 6.54 Å². The average molecular weight is 306 g/mol. The number of pyridine rings is 1. The Labute approximate surface area is 128 Å². The third kappa shape index (κ3) is 4.73. The molecule has 110 valence electrons. The first-order valence-electron chi connectivity index (χ1n) is 6.46. The SMILES string of the molecule is CNCc1cccc(OCC(=O)Nc2cccnc2Cl)c1. The van der Waals surface area contributed by atoms with E-state index in [2.05, 4.69) is 15.6 Å². The number of amides is 1. The third-order valence-corrected chi connectivity index (χ3v) is 2.98. The molecule has 0 aliphatic heterocycles. The Balaban J connectivity index is 1.89. The van der Waals surface area contributed by atoms with Crippen molar-refractivity contribution in [1.82, 2.24) is 10.3 Å². The summed E-state index contributed by atoms with van der Waals surface area (Å²) in [5.41, 5.74) is 1.56. The molecule has 1 amide bonds. The van der Waals surface area contributed by atoms with Crippen LogP contribution in [0, 0.1) is 0 Å². The molecule has 0 bridgehead atoms. The van der Waals surface area contributed by atoms with Crippen LogP contribution in [0.25, 0.3) is 0 Å². The first-order chi connectivity index (χ1) is 10.2. The lowest BCUT2D eigenvalue weighted by molar-refractivity contribution is -0.118. The summed E-state index contributed by atoms with van der Waals surface area (Å²) in [4.78, 5) is 15.7. The number of rotatable bonds is 6. The second kappa shape index (κ2) is 7.61. The third-order valence-electron chi connectivity index (χ3n) is 2.68. The van der Waals surface area contributed by atoms with Crippen molar-refractivity contribution in [2.24, 2.45) is 0 Å². The lowest BCUT2D eigenvalue weighted by Crippen LogP contribution is -2.20. The van der Waals surface area contributed by atoms with E-state index < -0.39 is 0 Å². The molecule has 6 heteroatoms. The standard InChI is InChI=1S/C15H16ClN3O2/c1-17-9-11-4-2-5-12(8-11)21-10-14(20)19-13-6-3-7-18-15(13)16/h2-8,17H,9-10H2,1H3,(H,19,20). The molecular formula is C15H16ClN3O2. The van der Waals surface area contributed by atoms with Gasteiger partial charge in [0.1, 0.15) is 5.75 Å². The fourth-order valence-electron chi connectivity index (χ4n) is 1.76. The van der Waals surface area contributed by atoms with Crippen molar-refractivity contribution in [1.29, 1.82) is 0 Å². The summed E-state index contributed by atoms with van der Waals surface area (Å²) in [5, 5.41) is 5.96. The summed E-state index contributed by atoms with van der Waals surface area (Å²) < 4.78 is 5.46. The topological polar surface area (TPSA) is 63.2 Å². The van der Waals surface area contributed by atoms with Crippen LogP contribution >= 0.6 is 11.6 Å². The molecule has 21 heavy (non-hydrogen) atoms. The molecule has 1 heterocycles. The Morgan fingerprint density at radius 2 is 2.19 bits per heavy atom. The number of hydrogen-bond donors (Lipinski definition) is 2. The van der Waals surface area contributed by atoms with Gasteiger partial charge in [-0.2, -0.15) is 0 Å². The maximum Gasteiger partial charge on any atom is 0.262 e. The quantitative estimate of drug-likeness (QED) is 0.805. The zero-order chi connectivity index (χ0) is 15.1. The van der Waals surface area contributed by atoms with Crippen LogP contribution < -0.4 is 15.4 Å². The zero-order valence-electron chi connectivity index (χ0n) is 11.6. The highest BCUT2D eigenvalue weighted by atomic mass is 35.5. The lowest BCUT2D eigenvalue weighted by Gasteiger charge is -2.09. The summed E-state index contributed by atoms with van der Waals surface area (Å²) in [6, 6.07) is 10.9. The molecule has 0 atom stereocenters. The predicted molar refractivity (Wildman–Crippen MR) is 82.6 cm³/mol. The Morgan fingerprint density at radius 3 is 2.95 bits per heavy atom. The molecule has 2 rings (SSSR count). The average Bonchev–Trinajstić information content (AvgIpc) is 2.48. The maximum absolute atomic E-state index is 11.8. The lowest BCUT2D eigenvalue weighted by atomic mass is 10.2. The molecule has 0 unspecified atom stereocenters. The van der Waals surface area contributed by atoms with Gasteiger partial charge in [-0.15, -0.1) is 0 Å². The summed E-state index contributed by atoms with van der Waals surface area (Å²) in [6.07, 6.45) is 1.56. The van der Waals surface area contributed by atoms with E-state index in [4.69, 9.17) is 16.3 Å². The number of aromatic nitrogens is 1. The van der Waals surface area contributed by atoms with Crippen LogP contribution in [0.3, 0.4) is 0 Å². The molecule has 5 nitrogen and oxygen atoms in total. The van der Waals surface area contributed by atoms with E-state index in [9.17, 15) is 4.79 Å². The number of carbonyl (C=O) groups is 1. The van der Waals surface area contributed by atoms with Gasteiger partial charge in [-0.1, -0.05) is 23.7 Å². The second-order valence-electron chi connectivity index (χ2n) is 4.36. The molecule has 1 aromatic heterocycles. The molecule has 0 fully saturated rings. The zero-order valence-corrected chi connectivity index (χ0v) is 12.4. The van der Waals surface area contributed by atoms with Crippen molar-refractivity contribution in [3.8, 4) is 5.75 Å². The molecule has 0 aliphatic carbocycles. The van der Waals surface area contributed by atoms with Gasteiger partial charge in [-0.3, -0.25) is 4.79 Å². The van der Waals surface area contributed by atoms with Crippen LogP contribution in [0.1, 0.15) is 5.56 Å². The predicted octanol–water partition coefficient (Wildman–Crippen LogP) is 2.47. The highest BCUT2D eigenvalue weighted by Crippen LogP contribution is 2.17. The van der Waals surface area contributed by atoms with E-state index >= 15 is 0 Å². The van der Waals surface area contributed by atoms with Gasteiger partial charge < -0.3 is 15.4 Å². The van der Waals surface area contributed by atoms with E-state index in [-0.39, 0.29) is 17.7 Å². The molecule has 1 aromatic carbocycles. The van der Waals surface area contributed by atoms with Gasteiger partial charge in [0.25, 0.3) is 5.91 Å². The fourth-order valence-corrected chi connectivity index (χ4v) is 1.93. The number of anilines is 1. The van der Waals surface area contributed by atoms with E-state index in [0.717, 1.165) is 12.1 Å². The van der Waals surface area contributed by atoms with Gasteiger partial charge >= 0.3 is 0 Å². The number of benzene rings is 1. The van der Waals surface area contributed by atoms with Gasteiger partial charge in [-0.25, -0.2) is 4.98 Å². The van der Waals surface area contributed by atoms with Crippen molar-refractivity contribution in [3.05, 3.63) is 53.3 Å². The number of nitrogens with zero attached hydrogens (tertiary/aromatic N) is 1. The first kappa shape index (κ1) is 15.3. The highest BCUT2D eigenvalue weighted by Gasteiger charge is 2.07. The smallest absolute Gasteiger partial charge is 0.262 e. The van der Waals surface area contributed by atoms with Gasteiger partial charge in [0.15, 0.2) is 11.8 Å². The molecule has 0 saturated heterocycles. The number of carbonyl (C=O) groups excluding carboxylic acids is 1. The van der Waals surface area contributed by atoms with Gasteiger partial charge in [0.05, 0.1) is 5.69 Å². The van der Waals surface area contributed by atoms with Crippen LogP contribution in [0.2, 0.25) is 5.15 Å². The first-order valence-corrected chi connectivity index (χ1v) is 6.83. The van der Waals surface area contributed by atoms with Gasteiger partial charge in [0, 0.05) is 12.7 Å². The van der Waals surface area contributed by atoms with Crippen LogP contribution in [0.5, 0.6) is 5.75 Å². The number of hydrogen-bond acceptors (Lipinski definition) is 4. The fraction of sp³-hybridized carbons (Fsp3) is 0.200. The van der Waals surface area contributed by atoms with Gasteiger partial charge in [0.2, 0.25) is 0 Å². The van der Waals surface area contributed by atoms with E-state index in [0.29, 0.717) is 11.4 Å². The Bertz CT molecular complexity index is 619. The van der Waals surface area contributed by atoms with Crippen LogP contribution in [-0.2, 0) is 11.3 Å². The molecule has 0 saturated carbocycles. The number of ether oxygens (including phenoxy) is 1. The van der Waals surface area contributed by atoms with Crippen molar-refractivity contribution in [2.75, 3.05) is 19.0 Å². The monoisotopic (exact) mass is 305 g/mol. The van der Waals surface area contributed by atoms with Crippen LogP contribution in [0.4, 0.5) is 5.69 Å². The summed E-state index contributed by atoms with van der Waals surface area (Å²) in [5.74, 6) is 0.360. The molecule has 0 radical (unpaired) electrons. The largest absolute Gasteiger partial charge is 0.484 e. The minimum absolute atomic E-state index is 0.0891. The molecule has 2 aromatic rings. The number of halogens is 1. The Morgan fingerprint density at radius 1 is 1.33 bits per heavy atom. The van der Waals surface area contributed by atoms with Crippen LogP contribution in [-0.4, -0.2) is 24.5 Å². The molecule has 0 spiro atoms. The summed E-state index contributed by atoms with van der Waals surface area (Å²) >= 11 is 5.87. The number of nitrogens with one attached hydrogen (secondary N) is 2. The van der Waals surface area contributed by atoms with Crippen molar-refractivity contribution in [3.63, 3.8) is 0 Å². The molecule has 2 N–H and O–H groups in total. The van der Waals surface area contributed by atoms with E-state index in [1.807, 2.05) is 31.3 Å². The van der Waals surface area contributed by atoms with Gasteiger partial charge in [-0.05, 0) is 36.9 Å². The Hall–Kier alpha value is -2.11. The summed E-state index contributed by atoms with van der Waals surface area (Å²) in [7, 11) is 1.87. The van der Waals surface area contributed by atoms with Crippen LogP contribution in [0.15, 0.2) is 42.6 Å². The maximum atomic E-state index is 11.8. The minimum Gasteiger partial charge on any atom is -0.484 e. The molecule has 0 aliphatic rings. The normalized spacial score (nSPS) is 10.2. The Kier molecular flexibility index (Phi) is 5.54. The van der Waals surface area contributed by atoms with E-state index in [1.165, 1.54) is 0 Å². The highest BCUT2D eigenvalue weighted by molar-refractivity contribution is 6.32. The summed E-state index contributed by atoms with van der Waals surface area (Å²) in [6.45, 7) is 0.656. The minimum atomic E-state index is -0.288. The van der Waals surface area contributed by atoms with Crippen molar-refractivity contribution >= 4 is 23.2 Å². The van der Waals surface area contributed by atoms with E-state index in [1.54, 1.807) is 18.3 Å². The van der Waals surface area contributed by atoms with Crippen molar-refractivity contribution < 1.29 is 9.53 Å². The molecular weight excluding hydrogens is 290 g/mol. The second-order valence-corrected chi connectivity index (χ2v) is 4.71.